The maximum absolute atomic E-state index is 11.8. The first-order chi connectivity index (χ1) is 9.72. The van der Waals surface area contributed by atoms with Gasteiger partial charge in [-0.2, -0.15) is 0 Å². The van der Waals surface area contributed by atoms with Crippen LogP contribution in [0.1, 0.15) is 6.92 Å². The minimum Gasteiger partial charge on any atom is -0.482 e. The highest BCUT2D eigenvalue weighted by molar-refractivity contribution is 6.43. The molecule has 0 aromatic heterocycles. The molecule has 0 heterocycles. The Bertz CT molecular complexity index is 550. The molecule has 21 heavy (non-hydrogen) atoms. The van der Waals surface area contributed by atoms with Crippen molar-refractivity contribution >= 4 is 46.7 Å². The van der Waals surface area contributed by atoms with Gasteiger partial charge in [-0.05, 0) is 6.07 Å². The van der Waals surface area contributed by atoms with Crippen molar-refractivity contribution in [3.63, 3.8) is 0 Å². The van der Waals surface area contributed by atoms with Gasteiger partial charge in [-0.15, -0.1) is 0 Å². The molecule has 8 heteroatoms. The Morgan fingerprint density at radius 1 is 1.24 bits per heavy atom. The Hall–Kier alpha value is -1.17. The third-order valence-electron chi connectivity index (χ3n) is 2.72. The van der Waals surface area contributed by atoms with Gasteiger partial charge in [0.15, 0.2) is 6.61 Å². The van der Waals surface area contributed by atoms with E-state index >= 15 is 0 Å². The summed E-state index contributed by atoms with van der Waals surface area (Å²) >= 11 is 17.5. The van der Waals surface area contributed by atoms with Crippen LogP contribution in [0.25, 0.3) is 0 Å². The van der Waals surface area contributed by atoms with E-state index in [0.29, 0.717) is 0 Å². The molecule has 1 aromatic carbocycles. The van der Waals surface area contributed by atoms with Crippen LogP contribution >= 0.6 is 34.8 Å². The highest BCUT2D eigenvalue weighted by atomic mass is 35.5. The summed E-state index contributed by atoms with van der Waals surface area (Å²) in [6, 6.07) is 2.83. The number of halogens is 3. The molecule has 0 radical (unpaired) electrons. The molecule has 0 fully saturated rings. The molecule has 0 aliphatic heterocycles. The molecule has 1 amide bonds. The number of benzene rings is 1. The lowest BCUT2D eigenvalue weighted by Gasteiger charge is -2.19. The predicted molar refractivity (Wildman–Crippen MR) is 81.4 cm³/mol. The van der Waals surface area contributed by atoms with Gasteiger partial charge in [0, 0.05) is 19.7 Å². The first kappa shape index (κ1) is 17.9. The number of hydrogen-bond donors (Lipinski definition) is 1. The third-order valence-corrected chi connectivity index (χ3v) is 3.74. The number of hydrogen-bond acceptors (Lipinski definition) is 3. The molecule has 0 aliphatic rings. The summed E-state index contributed by atoms with van der Waals surface area (Å²) in [5, 5.41) is 9.58. The molecule has 0 bridgehead atoms. The lowest BCUT2D eigenvalue weighted by atomic mass is 10.2. The summed E-state index contributed by atoms with van der Waals surface area (Å²) in [5.41, 5.74) is 0. The summed E-state index contributed by atoms with van der Waals surface area (Å²) in [7, 11) is 1.50. The number of likely N-dealkylation sites (N-methyl/N-ethyl adjacent to an activating group) is 1. The smallest absolute Gasteiger partial charge is 0.308 e. The van der Waals surface area contributed by atoms with Crippen LogP contribution in [0, 0.1) is 5.92 Å². The van der Waals surface area contributed by atoms with Crippen molar-refractivity contribution in [2.75, 3.05) is 20.2 Å². The van der Waals surface area contributed by atoms with E-state index in [0.717, 1.165) is 0 Å². The van der Waals surface area contributed by atoms with Crippen LogP contribution < -0.4 is 4.74 Å². The van der Waals surface area contributed by atoms with E-state index in [1.807, 2.05) is 0 Å². The molecule has 0 aliphatic carbocycles. The van der Waals surface area contributed by atoms with Gasteiger partial charge in [-0.25, -0.2) is 0 Å². The molecule has 1 N–H and O–H groups in total. The average Bonchev–Trinajstić information content (AvgIpc) is 2.40. The zero-order valence-electron chi connectivity index (χ0n) is 11.4. The number of carbonyl (C=O) groups excluding carboxylic acids is 1. The number of nitrogens with zero attached hydrogens (tertiary/aromatic N) is 1. The average molecular weight is 355 g/mol. The highest BCUT2D eigenvalue weighted by Gasteiger charge is 2.18. The molecule has 1 aromatic rings. The molecule has 5 nitrogen and oxygen atoms in total. The van der Waals surface area contributed by atoms with Crippen molar-refractivity contribution in [3.05, 3.63) is 27.2 Å². The summed E-state index contributed by atoms with van der Waals surface area (Å²) in [4.78, 5) is 23.9. The third kappa shape index (κ3) is 5.26. The molecule has 0 saturated heterocycles. The molecule has 0 saturated carbocycles. The quantitative estimate of drug-likeness (QED) is 0.797. The van der Waals surface area contributed by atoms with Crippen molar-refractivity contribution in [2.24, 2.45) is 5.92 Å². The van der Waals surface area contributed by atoms with Crippen LogP contribution in [0.3, 0.4) is 0 Å². The van der Waals surface area contributed by atoms with Crippen molar-refractivity contribution < 1.29 is 19.4 Å². The fraction of sp³-hybridized carbons (Fsp3) is 0.385. The largest absolute Gasteiger partial charge is 0.482 e. The van der Waals surface area contributed by atoms with Gasteiger partial charge in [0.2, 0.25) is 0 Å². The van der Waals surface area contributed by atoms with Crippen molar-refractivity contribution in [1.29, 1.82) is 0 Å². The van der Waals surface area contributed by atoms with Gasteiger partial charge in [0.25, 0.3) is 5.91 Å². The fourth-order valence-corrected chi connectivity index (χ4v) is 2.05. The Kier molecular flexibility index (Phi) is 6.58. The summed E-state index contributed by atoms with van der Waals surface area (Å²) in [6.07, 6.45) is 0. The zero-order valence-corrected chi connectivity index (χ0v) is 13.7. The Morgan fingerprint density at radius 3 is 2.38 bits per heavy atom. The van der Waals surface area contributed by atoms with E-state index in [1.54, 1.807) is 0 Å². The molecule has 1 rings (SSSR count). The van der Waals surface area contributed by atoms with E-state index < -0.39 is 11.9 Å². The number of ether oxygens (including phenoxy) is 1. The molecular formula is C13H14Cl3NO4. The van der Waals surface area contributed by atoms with Crippen molar-refractivity contribution in [2.45, 2.75) is 6.92 Å². The van der Waals surface area contributed by atoms with E-state index in [-0.39, 0.29) is 39.9 Å². The van der Waals surface area contributed by atoms with Crippen molar-refractivity contribution in [3.8, 4) is 5.75 Å². The van der Waals surface area contributed by atoms with Crippen LogP contribution in [0.15, 0.2) is 12.1 Å². The standard InChI is InChI=1S/C13H14Cl3NO4/c1-7(13(19)20)5-17(2)12(18)6-21-11-4-9(15)8(14)3-10(11)16/h3-4,7H,5-6H2,1-2H3,(H,19,20). The molecule has 1 atom stereocenters. The second-order valence-corrected chi connectivity index (χ2v) is 5.72. The molecular weight excluding hydrogens is 341 g/mol. The van der Waals surface area contributed by atoms with Gasteiger partial charge in [-0.3, -0.25) is 9.59 Å². The van der Waals surface area contributed by atoms with Gasteiger partial charge in [0.05, 0.1) is 21.0 Å². The van der Waals surface area contributed by atoms with Crippen LogP contribution in [0.2, 0.25) is 15.1 Å². The van der Waals surface area contributed by atoms with Gasteiger partial charge in [0.1, 0.15) is 5.75 Å². The van der Waals surface area contributed by atoms with Crippen LogP contribution in [-0.2, 0) is 9.59 Å². The van der Waals surface area contributed by atoms with Gasteiger partial charge in [-0.1, -0.05) is 41.7 Å². The Labute approximate surface area is 137 Å². The van der Waals surface area contributed by atoms with Crippen molar-refractivity contribution in [1.82, 2.24) is 4.90 Å². The van der Waals surface area contributed by atoms with Gasteiger partial charge >= 0.3 is 5.97 Å². The minimum atomic E-state index is -0.969. The van der Waals surface area contributed by atoms with E-state index in [1.165, 1.54) is 31.0 Å². The monoisotopic (exact) mass is 353 g/mol. The van der Waals surface area contributed by atoms with E-state index in [2.05, 4.69) is 0 Å². The summed E-state index contributed by atoms with van der Waals surface area (Å²) in [5.74, 6) is -1.76. The Morgan fingerprint density at radius 2 is 1.81 bits per heavy atom. The first-order valence-electron chi connectivity index (χ1n) is 5.96. The zero-order chi connectivity index (χ0) is 16.2. The van der Waals surface area contributed by atoms with E-state index in [9.17, 15) is 9.59 Å². The molecule has 1 unspecified atom stereocenters. The topological polar surface area (TPSA) is 66.8 Å². The predicted octanol–water partition coefficient (Wildman–Crippen LogP) is 3.20. The number of rotatable bonds is 6. The lowest BCUT2D eigenvalue weighted by molar-refractivity contribution is -0.143. The second-order valence-electron chi connectivity index (χ2n) is 4.50. The molecule has 0 spiro atoms. The number of amides is 1. The molecule has 116 valence electrons. The van der Waals surface area contributed by atoms with Gasteiger partial charge < -0.3 is 14.7 Å². The highest BCUT2D eigenvalue weighted by Crippen LogP contribution is 2.33. The summed E-state index contributed by atoms with van der Waals surface area (Å²) < 4.78 is 5.28. The second kappa shape index (κ2) is 7.73. The number of aliphatic carboxylic acids is 1. The first-order valence-corrected chi connectivity index (χ1v) is 7.10. The Balaban J connectivity index is 2.61. The summed E-state index contributed by atoms with van der Waals surface area (Å²) in [6.45, 7) is 1.33. The van der Waals surface area contributed by atoms with Crippen LogP contribution in [0.5, 0.6) is 5.75 Å². The number of carboxylic acids is 1. The maximum atomic E-state index is 11.8. The normalized spacial score (nSPS) is 11.9. The number of carbonyl (C=O) groups is 2. The lowest BCUT2D eigenvalue weighted by Crippen LogP contribution is -2.36. The number of carboxylic acid groups (broad SMARTS) is 1. The minimum absolute atomic E-state index is 0.0899. The SMILES string of the molecule is CC(CN(C)C(=O)COc1cc(Cl)c(Cl)cc1Cl)C(=O)O. The van der Waals surface area contributed by atoms with E-state index in [4.69, 9.17) is 44.6 Å². The maximum Gasteiger partial charge on any atom is 0.308 e. The fourth-order valence-electron chi connectivity index (χ4n) is 1.46. The van der Waals surface area contributed by atoms with Crippen LogP contribution in [-0.4, -0.2) is 42.1 Å². The van der Waals surface area contributed by atoms with Crippen LogP contribution in [0.4, 0.5) is 0 Å².